The molecular formula is C17H13F3N2O2S. The van der Waals surface area contributed by atoms with Gasteiger partial charge in [0, 0.05) is 17.0 Å². The van der Waals surface area contributed by atoms with Gasteiger partial charge in [0.15, 0.2) is 0 Å². The normalized spacial score (nSPS) is 10.8. The number of hydrogen-bond donors (Lipinski definition) is 1. The second kappa shape index (κ2) is 8.44. The summed E-state index contributed by atoms with van der Waals surface area (Å²) in [6.07, 6.45) is -4.80. The summed E-state index contributed by atoms with van der Waals surface area (Å²) < 4.78 is 41.2. The van der Waals surface area contributed by atoms with Crippen molar-refractivity contribution >= 4 is 17.7 Å². The number of ether oxygens (including phenoxy) is 1. The number of benzene rings is 2. The molecule has 1 amide bonds. The molecule has 0 radical (unpaired) electrons. The van der Waals surface area contributed by atoms with Gasteiger partial charge in [-0.15, -0.1) is 24.9 Å². The van der Waals surface area contributed by atoms with Crippen LogP contribution in [0.4, 0.5) is 13.2 Å². The maximum atomic E-state index is 12.4. The average molecular weight is 366 g/mol. The van der Waals surface area contributed by atoms with Gasteiger partial charge < -0.3 is 10.1 Å². The maximum Gasteiger partial charge on any atom is 0.573 e. The van der Waals surface area contributed by atoms with Crippen LogP contribution in [-0.4, -0.2) is 18.0 Å². The van der Waals surface area contributed by atoms with E-state index in [1.807, 2.05) is 6.07 Å². The summed E-state index contributed by atoms with van der Waals surface area (Å²) in [6, 6.07) is 14.3. The Morgan fingerprint density at radius 1 is 1.16 bits per heavy atom. The Labute approximate surface area is 146 Å². The summed E-state index contributed by atoms with van der Waals surface area (Å²) >= 11 is 1.21. The van der Waals surface area contributed by atoms with E-state index < -0.39 is 12.3 Å². The molecule has 0 heterocycles. The van der Waals surface area contributed by atoms with E-state index in [2.05, 4.69) is 10.1 Å². The Kier molecular flexibility index (Phi) is 6.31. The molecule has 0 spiro atoms. The summed E-state index contributed by atoms with van der Waals surface area (Å²) in [5.41, 5.74) is 0.562. The number of carbonyl (C=O) groups is 1. The third kappa shape index (κ3) is 5.72. The van der Waals surface area contributed by atoms with Crippen molar-refractivity contribution in [3.05, 3.63) is 59.7 Å². The second-order valence-corrected chi connectivity index (χ2v) is 5.80. The first-order valence-corrected chi connectivity index (χ1v) is 8.10. The van der Waals surface area contributed by atoms with Crippen LogP contribution in [-0.2, 0) is 6.54 Å². The molecule has 0 saturated carbocycles. The molecule has 4 nitrogen and oxygen atoms in total. The quantitative estimate of drug-likeness (QED) is 0.781. The van der Waals surface area contributed by atoms with Crippen LogP contribution in [0.2, 0.25) is 0 Å². The number of thioether (sulfide) groups is 1. The van der Waals surface area contributed by atoms with Crippen LogP contribution in [0.3, 0.4) is 0 Å². The van der Waals surface area contributed by atoms with E-state index in [4.69, 9.17) is 5.26 Å². The van der Waals surface area contributed by atoms with E-state index in [-0.39, 0.29) is 23.6 Å². The first-order valence-electron chi connectivity index (χ1n) is 7.11. The molecule has 0 fully saturated rings. The zero-order chi connectivity index (χ0) is 18.3. The molecule has 2 aromatic carbocycles. The average Bonchev–Trinajstić information content (AvgIpc) is 2.58. The zero-order valence-corrected chi connectivity index (χ0v) is 13.7. The number of rotatable bonds is 6. The lowest BCUT2D eigenvalue weighted by Crippen LogP contribution is -2.25. The van der Waals surface area contributed by atoms with Gasteiger partial charge in [-0.05, 0) is 18.2 Å². The summed E-state index contributed by atoms with van der Waals surface area (Å²) in [5, 5.41) is 11.2. The van der Waals surface area contributed by atoms with Crippen molar-refractivity contribution in [2.75, 3.05) is 5.75 Å². The molecule has 0 aliphatic heterocycles. The van der Waals surface area contributed by atoms with Crippen molar-refractivity contribution in [2.45, 2.75) is 17.8 Å². The van der Waals surface area contributed by atoms with Crippen molar-refractivity contribution in [3.8, 4) is 11.8 Å². The van der Waals surface area contributed by atoms with E-state index >= 15 is 0 Å². The summed E-state index contributed by atoms with van der Waals surface area (Å²) in [4.78, 5) is 13.0. The molecule has 0 unspecified atom stereocenters. The van der Waals surface area contributed by atoms with E-state index in [0.29, 0.717) is 10.5 Å². The highest BCUT2D eigenvalue weighted by atomic mass is 32.2. The van der Waals surface area contributed by atoms with Crippen LogP contribution in [0.25, 0.3) is 0 Å². The van der Waals surface area contributed by atoms with Gasteiger partial charge in [-0.2, -0.15) is 5.26 Å². The fourth-order valence-electron chi connectivity index (χ4n) is 2.03. The van der Waals surface area contributed by atoms with Crippen molar-refractivity contribution in [1.82, 2.24) is 5.32 Å². The van der Waals surface area contributed by atoms with Crippen molar-refractivity contribution < 1.29 is 22.7 Å². The molecule has 0 aromatic heterocycles. The van der Waals surface area contributed by atoms with Crippen LogP contribution in [0, 0.1) is 11.3 Å². The number of carbonyl (C=O) groups excluding carboxylic acids is 1. The summed E-state index contributed by atoms with van der Waals surface area (Å²) in [6.45, 7) is -0.123. The van der Waals surface area contributed by atoms with Crippen molar-refractivity contribution in [1.29, 1.82) is 5.26 Å². The maximum absolute atomic E-state index is 12.4. The molecule has 25 heavy (non-hydrogen) atoms. The van der Waals surface area contributed by atoms with Crippen LogP contribution < -0.4 is 10.1 Å². The number of nitrogens with zero attached hydrogens (tertiary/aromatic N) is 1. The molecule has 0 bridgehead atoms. The summed E-state index contributed by atoms with van der Waals surface area (Å²) in [7, 11) is 0. The highest BCUT2D eigenvalue weighted by molar-refractivity contribution is 7.99. The van der Waals surface area contributed by atoms with Gasteiger partial charge in [-0.3, -0.25) is 4.79 Å². The van der Waals surface area contributed by atoms with Gasteiger partial charge >= 0.3 is 6.36 Å². The largest absolute Gasteiger partial charge is 0.573 e. The highest BCUT2D eigenvalue weighted by Crippen LogP contribution is 2.26. The van der Waals surface area contributed by atoms with Gasteiger partial charge in [0.05, 0.1) is 17.4 Å². The lowest BCUT2D eigenvalue weighted by atomic mass is 10.1. The molecule has 0 aliphatic carbocycles. The fraction of sp³-hybridized carbons (Fsp3) is 0.176. The molecule has 0 atom stereocenters. The monoisotopic (exact) mass is 366 g/mol. The van der Waals surface area contributed by atoms with Gasteiger partial charge in [-0.1, -0.05) is 30.3 Å². The number of amides is 1. The Bertz CT molecular complexity index is 788. The highest BCUT2D eigenvalue weighted by Gasteiger charge is 2.32. The molecule has 8 heteroatoms. The smallest absolute Gasteiger partial charge is 0.405 e. The Morgan fingerprint density at radius 2 is 1.84 bits per heavy atom. The third-order valence-corrected chi connectivity index (χ3v) is 4.00. The SMILES string of the molecule is N#CCSc1ccccc1C(=O)NCc1ccccc1OC(F)(F)F. The molecule has 0 saturated heterocycles. The lowest BCUT2D eigenvalue weighted by Gasteiger charge is -2.14. The van der Waals surface area contributed by atoms with Gasteiger partial charge in [0.25, 0.3) is 5.91 Å². The summed E-state index contributed by atoms with van der Waals surface area (Å²) in [5.74, 6) is -0.614. The van der Waals surface area contributed by atoms with Gasteiger partial charge in [0.1, 0.15) is 5.75 Å². The first kappa shape index (κ1) is 18.7. The zero-order valence-electron chi connectivity index (χ0n) is 12.8. The van der Waals surface area contributed by atoms with Crippen LogP contribution in [0.5, 0.6) is 5.75 Å². The van der Waals surface area contributed by atoms with Crippen molar-refractivity contribution in [3.63, 3.8) is 0 Å². The predicted molar refractivity (Wildman–Crippen MR) is 87.1 cm³/mol. The number of halogens is 3. The molecule has 1 N–H and O–H groups in total. The second-order valence-electron chi connectivity index (χ2n) is 4.78. The van der Waals surface area contributed by atoms with E-state index in [1.54, 1.807) is 30.3 Å². The molecule has 0 aliphatic rings. The fourth-order valence-corrected chi connectivity index (χ4v) is 2.75. The van der Waals surface area contributed by atoms with E-state index in [9.17, 15) is 18.0 Å². The first-order chi connectivity index (χ1) is 11.9. The van der Waals surface area contributed by atoms with Crippen molar-refractivity contribution in [2.24, 2.45) is 0 Å². The predicted octanol–water partition coefficient (Wildman–Crippen LogP) is 4.13. The standard InChI is InChI=1S/C17H13F3N2O2S/c18-17(19,20)24-14-7-3-1-5-12(14)11-22-16(23)13-6-2-4-8-15(13)25-10-9-21/h1-8H,10-11H2,(H,22,23). The van der Waals surface area contributed by atoms with E-state index in [1.165, 1.54) is 30.0 Å². The number of para-hydroxylation sites is 1. The number of nitrogens with one attached hydrogen (secondary N) is 1. The Morgan fingerprint density at radius 3 is 2.56 bits per heavy atom. The number of nitriles is 1. The lowest BCUT2D eigenvalue weighted by molar-refractivity contribution is -0.274. The molecule has 2 rings (SSSR count). The van der Waals surface area contributed by atoms with Gasteiger partial charge in [0.2, 0.25) is 0 Å². The van der Waals surface area contributed by atoms with Crippen LogP contribution >= 0.6 is 11.8 Å². The Hall–Kier alpha value is -2.66. The third-order valence-electron chi connectivity index (χ3n) is 3.06. The van der Waals surface area contributed by atoms with Crippen LogP contribution in [0.1, 0.15) is 15.9 Å². The molecule has 130 valence electrons. The minimum atomic E-state index is -4.80. The number of alkyl halides is 3. The van der Waals surface area contributed by atoms with E-state index in [0.717, 1.165) is 0 Å². The Balaban J connectivity index is 2.10. The van der Waals surface area contributed by atoms with Gasteiger partial charge in [-0.25, -0.2) is 0 Å². The molecular weight excluding hydrogens is 353 g/mol. The minimum Gasteiger partial charge on any atom is -0.405 e. The topological polar surface area (TPSA) is 62.1 Å². The number of hydrogen-bond acceptors (Lipinski definition) is 4. The molecule has 2 aromatic rings. The van der Waals surface area contributed by atoms with Crippen LogP contribution in [0.15, 0.2) is 53.4 Å². The minimum absolute atomic E-state index is 0.123.